The van der Waals surface area contributed by atoms with Crippen molar-refractivity contribution in [1.29, 1.82) is 0 Å². The van der Waals surface area contributed by atoms with Gasteiger partial charge in [0.05, 0.1) is 31.6 Å². The molecule has 1 aliphatic heterocycles. The molecule has 1 fully saturated rings. The molecule has 10 heteroatoms. The number of aromatic amines is 1. The number of H-pyrrole nitrogens is 1. The summed E-state index contributed by atoms with van der Waals surface area (Å²) in [6, 6.07) is 0. The summed E-state index contributed by atoms with van der Waals surface area (Å²) in [5.74, 6) is 0.797. The average Bonchev–Trinajstić information content (AvgIpc) is 3.28. The van der Waals surface area contributed by atoms with Crippen LogP contribution in [0.2, 0.25) is 0 Å². The molecule has 0 aliphatic carbocycles. The van der Waals surface area contributed by atoms with Crippen LogP contribution in [0.4, 0.5) is 5.82 Å². The van der Waals surface area contributed by atoms with E-state index in [-0.39, 0.29) is 12.4 Å². The Morgan fingerprint density at radius 1 is 1.31 bits per heavy atom. The maximum absolute atomic E-state index is 12.0. The van der Waals surface area contributed by atoms with Gasteiger partial charge in [-0.25, -0.2) is 19.7 Å². The van der Waals surface area contributed by atoms with E-state index in [1.807, 2.05) is 13.2 Å². The monoisotopic (exact) mass is 357 g/mol. The molecule has 0 aromatic carbocycles. The van der Waals surface area contributed by atoms with Gasteiger partial charge in [-0.2, -0.15) is 5.10 Å². The lowest BCUT2D eigenvalue weighted by Crippen LogP contribution is -2.37. The van der Waals surface area contributed by atoms with E-state index in [0.29, 0.717) is 49.1 Å². The van der Waals surface area contributed by atoms with Crippen molar-refractivity contribution in [2.45, 2.75) is 6.92 Å². The number of hydrogen-bond donors (Lipinski definition) is 1. The van der Waals surface area contributed by atoms with Crippen molar-refractivity contribution in [3.05, 3.63) is 18.2 Å². The second-order valence-electron chi connectivity index (χ2n) is 5.88. The molecular weight excluding hydrogens is 338 g/mol. The molecule has 1 aliphatic rings. The van der Waals surface area contributed by atoms with E-state index >= 15 is 0 Å². The number of aryl methyl sites for hydroxylation is 1. The first kappa shape index (κ1) is 16.5. The topological polar surface area (TPSA) is 111 Å². The first-order valence-corrected chi connectivity index (χ1v) is 8.42. The van der Waals surface area contributed by atoms with Crippen LogP contribution in [-0.4, -0.2) is 68.6 Å². The van der Waals surface area contributed by atoms with Gasteiger partial charge < -0.3 is 19.4 Å². The number of imidazole rings is 1. The lowest BCUT2D eigenvalue weighted by molar-refractivity contribution is 0.0513. The molecule has 0 unspecified atom stereocenters. The SMILES string of the molecule is CCOC(=O)c1nc2c(N3CCOCC3)nc(-c3cnn(C)c3)nc2[nH]1. The molecule has 0 amide bonds. The summed E-state index contributed by atoms with van der Waals surface area (Å²) in [4.78, 5) is 30.7. The molecule has 0 bridgehead atoms. The fraction of sp³-hybridized carbons (Fsp3) is 0.438. The van der Waals surface area contributed by atoms with Crippen LogP contribution in [0.5, 0.6) is 0 Å². The van der Waals surface area contributed by atoms with Crippen LogP contribution in [0.3, 0.4) is 0 Å². The van der Waals surface area contributed by atoms with Crippen LogP contribution in [0.1, 0.15) is 17.5 Å². The number of aromatic nitrogens is 6. The molecular formula is C16H19N7O3. The highest BCUT2D eigenvalue weighted by molar-refractivity contribution is 5.93. The standard InChI is InChI=1S/C16H19N7O3/c1-3-26-16(24)14-18-11-13(20-14)19-12(10-8-17-22(2)9-10)21-15(11)23-4-6-25-7-5-23/h8-9H,3-7H2,1-2H3,(H,18,19,20,21). The smallest absolute Gasteiger partial charge is 0.374 e. The summed E-state index contributed by atoms with van der Waals surface area (Å²) >= 11 is 0. The molecule has 3 aromatic heterocycles. The number of anilines is 1. The number of esters is 1. The molecule has 0 saturated carbocycles. The number of nitrogens with one attached hydrogen (secondary N) is 1. The van der Waals surface area contributed by atoms with Gasteiger partial charge in [0, 0.05) is 26.3 Å². The third-order valence-corrected chi connectivity index (χ3v) is 4.07. The predicted octanol–water partition coefficient (Wildman–Crippen LogP) is 0.767. The first-order valence-electron chi connectivity index (χ1n) is 8.42. The Bertz CT molecular complexity index is 943. The zero-order valence-electron chi connectivity index (χ0n) is 14.6. The number of carbonyl (C=O) groups is 1. The van der Waals surface area contributed by atoms with Gasteiger partial charge in [-0.1, -0.05) is 0 Å². The van der Waals surface area contributed by atoms with Gasteiger partial charge in [0.15, 0.2) is 22.8 Å². The lowest BCUT2D eigenvalue weighted by Gasteiger charge is -2.27. The highest BCUT2D eigenvalue weighted by atomic mass is 16.5. The van der Waals surface area contributed by atoms with Crippen molar-refractivity contribution in [1.82, 2.24) is 29.7 Å². The Balaban J connectivity index is 1.85. The normalized spacial score (nSPS) is 14.8. The average molecular weight is 357 g/mol. The number of nitrogens with zero attached hydrogens (tertiary/aromatic N) is 6. The van der Waals surface area contributed by atoms with Crippen LogP contribution in [-0.2, 0) is 16.5 Å². The van der Waals surface area contributed by atoms with Crippen molar-refractivity contribution in [3.8, 4) is 11.4 Å². The molecule has 1 N–H and O–H groups in total. The Labute approximate surface area is 149 Å². The van der Waals surface area contributed by atoms with E-state index in [0.717, 1.165) is 5.56 Å². The van der Waals surface area contributed by atoms with Crippen molar-refractivity contribution in [2.75, 3.05) is 37.8 Å². The second-order valence-corrected chi connectivity index (χ2v) is 5.88. The highest BCUT2D eigenvalue weighted by Crippen LogP contribution is 2.27. The van der Waals surface area contributed by atoms with Crippen molar-refractivity contribution >= 4 is 23.0 Å². The molecule has 1 saturated heterocycles. The van der Waals surface area contributed by atoms with Crippen LogP contribution in [0, 0.1) is 0 Å². The molecule has 136 valence electrons. The van der Waals surface area contributed by atoms with Crippen molar-refractivity contribution in [2.24, 2.45) is 7.05 Å². The molecule has 4 rings (SSSR count). The quantitative estimate of drug-likeness (QED) is 0.682. The number of carbonyl (C=O) groups excluding carboxylic acids is 1. The first-order chi connectivity index (χ1) is 12.7. The minimum absolute atomic E-state index is 0.119. The maximum atomic E-state index is 12.0. The summed E-state index contributed by atoms with van der Waals surface area (Å²) in [5, 5.41) is 4.18. The molecule has 26 heavy (non-hydrogen) atoms. The maximum Gasteiger partial charge on any atom is 0.374 e. The van der Waals surface area contributed by atoms with Gasteiger partial charge in [-0.15, -0.1) is 0 Å². The van der Waals surface area contributed by atoms with E-state index in [9.17, 15) is 4.79 Å². The number of fused-ring (bicyclic) bond motifs is 1. The third kappa shape index (κ3) is 2.99. The van der Waals surface area contributed by atoms with Crippen LogP contribution in [0.25, 0.3) is 22.6 Å². The van der Waals surface area contributed by atoms with Gasteiger partial charge in [0.25, 0.3) is 0 Å². The van der Waals surface area contributed by atoms with Crippen LogP contribution < -0.4 is 4.90 Å². The van der Waals surface area contributed by atoms with Crippen molar-refractivity contribution < 1.29 is 14.3 Å². The zero-order chi connectivity index (χ0) is 18.1. The van der Waals surface area contributed by atoms with Gasteiger partial charge in [0.1, 0.15) is 0 Å². The molecule has 0 spiro atoms. The Kier molecular flexibility index (Phi) is 4.25. The van der Waals surface area contributed by atoms with E-state index < -0.39 is 5.97 Å². The number of morpholine rings is 1. The van der Waals surface area contributed by atoms with Crippen LogP contribution in [0.15, 0.2) is 12.4 Å². The van der Waals surface area contributed by atoms with Gasteiger partial charge in [-0.05, 0) is 6.92 Å². The van der Waals surface area contributed by atoms with E-state index in [4.69, 9.17) is 14.5 Å². The third-order valence-electron chi connectivity index (χ3n) is 4.07. The summed E-state index contributed by atoms with van der Waals surface area (Å²) in [6.07, 6.45) is 3.54. The Morgan fingerprint density at radius 3 is 2.81 bits per heavy atom. The van der Waals surface area contributed by atoms with E-state index in [1.54, 1.807) is 17.8 Å². The van der Waals surface area contributed by atoms with Crippen molar-refractivity contribution in [3.63, 3.8) is 0 Å². The predicted molar refractivity (Wildman–Crippen MR) is 92.9 cm³/mol. The number of ether oxygens (including phenoxy) is 2. The molecule has 4 heterocycles. The van der Waals surface area contributed by atoms with Gasteiger partial charge in [0.2, 0.25) is 5.82 Å². The van der Waals surface area contributed by atoms with Gasteiger partial charge >= 0.3 is 5.97 Å². The molecule has 10 nitrogen and oxygen atoms in total. The summed E-state index contributed by atoms with van der Waals surface area (Å²) in [6.45, 7) is 4.64. The lowest BCUT2D eigenvalue weighted by atomic mass is 10.3. The van der Waals surface area contributed by atoms with E-state index in [1.165, 1.54) is 0 Å². The van der Waals surface area contributed by atoms with Gasteiger partial charge in [-0.3, -0.25) is 4.68 Å². The Hall–Kier alpha value is -3.01. The second kappa shape index (κ2) is 6.71. The number of rotatable bonds is 4. The highest BCUT2D eigenvalue weighted by Gasteiger charge is 2.23. The molecule has 3 aromatic rings. The fourth-order valence-electron chi connectivity index (χ4n) is 2.84. The van der Waals surface area contributed by atoms with Crippen LogP contribution >= 0.6 is 0 Å². The Morgan fingerprint density at radius 2 is 2.12 bits per heavy atom. The van der Waals surface area contributed by atoms with E-state index in [2.05, 4.69) is 25.0 Å². The fourth-order valence-corrected chi connectivity index (χ4v) is 2.84. The zero-order valence-corrected chi connectivity index (χ0v) is 14.6. The largest absolute Gasteiger partial charge is 0.460 e. The summed E-state index contributed by atoms with van der Waals surface area (Å²) < 4.78 is 12.1. The summed E-state index contributed by atoms with van der Waals surface area (Å²) in [5.41, 5.74) is 1.82. The molecule has 0 atom stereocenters. The number of hydrogen-bond acceptors (Lipinski definition) is 8. The summed E-state index contributed by atoms with van der Waals surface area (Å²) in [7, 11) is 1.83. The minimum atomic E-state index is -0.513. The molecule has 0 radical (unpaired) electrons. The minimum Gasteiger partial charge on any atom is -0.460 e.